The first-order valence-corrected chi connectivity index (χ1v) is 9.29. The Morgan fingerprint density at radius 2 is 2.10 bits per heavy atom. The monoisotopic (exact) mass is 376 g/mol. The van der Waals surface area contributed by atoms with Gasteiger partial charge in [-0.2, -0.15) is 4.31 Å². The van der Waals surface area contributed by atoms with Crippen molar-refractivity contribution >= 4 is 31.6 Å². The maximum absolute atomic E-state index is 12.9. The highest BCUT2D eigenvalue weighted by molar-refractivity contribution is 9.10. The molecular weight excluding hydrogens is 356 g/mol. The van der Waals surface area contributed by atoms with E-state index in [1.54, 1.807) is 13.0 Å². The van der Waals surface area contributed by atoms with E-state index in [0.29, 0.717) is 28.7 Å². The van der Waals surface area contributed by atoms with E-state index in [-0.39, 0.29) is 17.5 Å². The summed E-state index contributed by atoms with van der Waals surface area (Å²) in [6.45, 7) is 2.05. The maximum atomic E-state index is 12.9. The number of anilines is 1. The molecule has 0 aromatic heterocycles. The van der Waals surface area contributed by atoms with E-state index in [9.17, 15) is 13.5 Å². The fraction of sp³-hybridized carbons (Fsp3) is 0.571. The molecule has 1 aliphatic rings. The Kier molecular flexibility index (Phi) is 5.29. The summed E-state index contributed by atoms with van der Waals surface area (Å²) in [7, 11) is -3.64. The van der Waals surface area contributed by atoms with Crippen LogP contribution in [0.4, 0.5) is 5.69 Å². The topological polar surface area (TPSA) is 83.6 Å². The summed E-state index contributed by atoms with van der Waals surface area (Å²) < 4.78 is 28.0. The normalized spacial score (nSPS) is 21.2. The third-order valence-electron chi connectivity index (χ3n) is 3.91. The van der Waals surface area contributed by atoms with Gasteiger partial charge in [0.1, 0.15) is 0 Å². The number of nitrogen functional groups attached to an aromatic ring is 1. The molecule has 0 saturated carbocycles. The van der Waals surface area contributed by atoms with Gasteiger partial charge in [-0.3, -0.25) is 0 Å². The number of benzene rings is 1. The van der Waals surface area contributed by atoms with E-state index in [1.807, 2.05) is 0 Å². The zero-order valence-electron chi connectivity index (χ0n) is 12.0. The summed E-state index contributed by atoms with van der Waals surface area (Å²) in [5.41, 5.74) is 6.88. The van der Waals surface area contributed by atoms with Crippen LogP contribution in [0, 0.1) is 6.92 Å². The molecule has 0 amide bonds. The Labute approximate surface area is 134 Å². The molecule has 0 bridgehead atoms. The molecule has 1 atom stereocenters. The van der Waals surface area contributed by atoms with E-state index in [4.69, 9.17) is 5.73 Å². The largest absolute Gasteiger partial charge is 0.398 e. The molecule has 7 heteroatoms. The molecular formula is C14H21BrN2O3S. The molecule has 1 unspecified atom stereocenters. The van der Waals surface area contributed by atoms with Crippen molar-refractivity contribution in [2.24, 2.45) is 0 Å². The fourth-order valence-electron chi connectivity index (χ4n) is 2.72. The standard InChI is InChI=1S/C14H21BrN2O3S/c1-10-7-12(15)13(16)8-14(10)21(19,20)17-6-4-2-3-5-11(17)9-18/h7-8,11,18H,2-6,9,16H2,1H3. The van der Waals surface area contributed by atoms with Crippen LogP contribution in [-0.2, 0) is 10.0 Å². The first-order chi connectivity index (χ1) is 9.87. The Bertz CT molecular complexity index is 619. The van der Waals surface area contributed by atoms with Crippen LogP contribution in [0.3, 0.4) is 0 Å². The van der Waals surface area contributed by atoms with E-state index < -0.39 is 10.0 Å². The van der Waals surface area contributed by atoms with Crippen LogP contribution in [0.5, 0.6) is 0 Å². The van der Waals surface area contributed by atoms with Gasteiger partial charge in [-0.25, -0.2) is 8.42 Å². The summed E-state index contributed by atoms with van der Waals surface area (Å²) in [5.74, 6) is 0. The van der Waals surface area contributed by atoms with Gasteiger partial charge in [-0.15, -0.1) is 0 Å². The summed E-state index contributed by atoms with van der Waals surface area (Å²) >= 11 is 3.31. The molecule has 3 N–H and O–H groups in total. The van der Waals surface area contributed by atoms with Gasteiger partial charge in [0, 0.05) is 22.7 Å². The molecule has 118 valence electrons. The van der Waals surface area contributed by atoms with Crippen molar-refractivity contribution in [1.29, 1.82) is 0 Å². The highest BCUT2D eigenvalue weighted by atomic mass is 79.9. The van der Waals surface area contributed by atoms with Gasteiger partial charge >= 0.3 is 0 Å². The number of aryl methyl sites for hydroxylation is 1. The van der Waals surface area contributed by atoms with Crippen molar-refractivity contribution in [2.45, 2.75) is 43.5 Å². The average molecular weight is 377 g/mol. The molecule has 0 aliphatic carbocycles. The maximum Gasteiger partial charge on any atom is 0.243 e. The molecule has 0 spiro atoms. The van der Waals surface area contributed by atoms with Gasteiger partial charge in [0.15, 0.2) is 0 Å². The Morgan fingerprint density at radius 1 is 1.38 bits per heavy atom. The van der Waals surface area contributed by atoms with Gasteiger partial charge in [0.2, 0.25) is 10.0 Å². The summed E-state index contributed by atoms with van der Waals surface area (Å²) in [4.78, 5) is 0.226. The van der Waals surface area contributed by atoms with Crippen molar-refractivity contribution < 1.29 is 13.5 Å². The molecule has 1 aromatic rings. The number of nitrogens with zero attached hydrogens (tertiary/aromatic N) is 1. The smallest absolute Gasteiger partial charge is 0.243 e. The summed E-state index contributed by atoms with van der Waals surface area (Å²) in [6.07, 6.45) is 3.45. The lowest BCUT2D eigenvalue weighted by Crippen LogP contribution is -2.42. The fourth-order valence-corrected chi connectivity index (χ4v) is 5.11. The minimum absolute atomic E-state index is 0.149. The molecule has 2 rings (SSSR count). The molecule has 0 radical (unpaired) electrons. The van der Waals surface area contributed by atoms with E-state index in [0.717, 1.165) is 19.3 Å². The summed E-state index contributed by atoms with van der Waals surface area (Å²) in [5, 5.41) is 9.53. The number of aliphatic hydroxyl groups excluding tert-OH is 1. The minimum Gasteiger partial charge on any atom is -0.398 e. The molecule has 1 fully saturated rings. The molecule has 1 saturated heterocycles. The van der Waals surface area contributed by atoms with Crippen LogP contribution in [0.2, 0.25) is 0 Å². The predicted molar refractivity (Wildman–Crippen MR) is 86.5 cm³/mol. The lowest BCUT2D eigenvalue weighted by atomic mass is 10.1. The van der Waals surface area contributed by atoms with Crippen molar-refractivity contribution in [1.82, 2.24) is 4.31 Å². The Morgan fingerprint density at radius 3 is 2.76 bits per heavy atom. The number of halogens is 1. The average Bonchev–Trinajstić information content (AvgIpc) is 2.68. The van der Waals surface area contributed by atoms with Crippen LogP contribution >= 0.6 is 15.9 Å². The number of aliphatic hydroxyl groups is 1. The van der Waals surface area contributed by atoms with E-state index >= 15 is 0 Å². The van der Waals surface area contributed by atoms with E-state index in [1.165, 1.54) is 10.4 Å². The Balaban J connectivity index is 2.47. The third kappa shape index (κ3) is 3.41. The van der Waals surface area contributed by atoms with Crippen LogP contribution in [0.15, 0.2) is 21.5 Å². The van der Waals surface area contributed by atoms with Gasteiger partial charge in [-0.05, 0) is 53.4 Å². The van der Waals surface area contributed by atoms with Crippen molar-refractivity contribution in [2.75, 3.05) is 18.9 Å². The minimum atomic E-state index is -3.64. The molecule has 5 nitrogen and oxygen atoms in total. The molecule has 21 heavy (non-hydrogen) atoms. The number of hydrogen-bond donors (Lipinski definition) is 2. The first kappa shape index (κ1) is 16.7. The molecule has 1 heterocycles. The highest BCUT2D eigenvalue weighted by Crippen LogP contribution is 2.31. The number of nitrogens with two attached hydrogens (primary N) is 1. The zero-order chi connectivity index (χ0) is 15.6. The van der Waals surface area contributed by atoms with Crippen LogP contribution in [0.1, 0.15) is 31.2 Å². The van der Waals surface area contributed by atoms with Crippen LogP contribution < -0.4 is 5.73 Å². The quantitative estimate of drug-likeness (QED) is 0.792. The number of rotatable bonds is 3. The first-order valence-electron chi connectivity index (χ1n) is 7.06. The highest BCUT2D eigenvalue weighted by Gasteiger charge is 2.33. The predicted octanol–water partition coefficient (Wildman–Crippen LogP) is 2.27. The lowest BCUT2D eigenvalue weighted by Gasteiger charge is -2.28. The van der Waals surface area contributed by atoms with E-state index in [2.05, 4.69) is 15.9 Å². The second-order valence-corrected chi connectivity index (χ2v) is 8.15. The second kappa shape index (κ2) is 6.64. The van der Waals surface area contributed by atoms with Crippen LogP contribution in [0.25, 0.3) is 0 Å². The van der Waals surface area contributed by atoms with Crippen molar-refractivity contribution in [3.63, 3.8) is 0 Å². The van der Waals surface area contributed by atoms with Crippen molar-refractivity contribution in [3.05, 3.63) is 22.2 Å². The van der Waals surface area contributed by atoms with Gasteiger partial charge < -0.3 is 10.8 Å². The third-order valence-corrected chi connectivity index (χ3v) is 6.70. The van der Waals surface area contributed by atoms with Crippen molar-refractivity contribution in [3.8, 4) is 0 Å². The molecule has 1 aromatic carbocycles. The van der Waals surface area contributed by atoms with Gasteiger partial charge in [0.05, 0.1) is 11.5 Å². The summed E-state index contributed by atoms with van der Waals surface area (Å²) in [6, 6.07) is 2.86. The lowest BCUT2D eigenvalue weighted by molar-refractivity contribution is 0.186. The Hall–Kier alpha value is -0.630. The second-order valence-electron chi connectivity index (χ2n) is 5.44. The van der Waals surface area contributed by atoms with Gasteiger partial charge in [0.25, 0.3) is 0 Å². The molecule has 1 aliphatic heterocycles. The van der Waals surface area contributed by atoms with Crippen LogP contribution in [-0.4, -0.2) is 37.0 Å². The zero-order valence-corrected chi connectivity index (χ0v) is 14.5. The SMILES string of the molecule is Cc1cc(Br)c(N)cc1S(=O)(=O)N1CCCCCC1CO. The van der Waals surface area contributed by atoms with Gasteiger partial charge in [-0.1, -0.05) is 12.8 Å². The number of hydrogen-bond acceptors (Lipinski definition) is 4. The number of sulfonamides is 1.